The second kappa shape index (κ2) is 17.4. The van der Waals surface area contributed by atoms with Crippen LogP contribution >= 0.6 is 0 Å². The van der Waals surface area contributed by atoms with Crippen molar-refractivity contribution in [2.75, 3.05) is 4.90 Å². The monoisotopic (exact) mass is 872 g/mol. The lowest BCUT2D eigenvalue weighted by atomic mass is 9.64. The van der Waals surface area contributed by atoms with Crippen LogP contribution in [0.15, 0.2) is 260 Å². The summed E-state index contributed by atoms with van der Waals surface area (Å²) in [5.74, 6) is 0. The highest BCUT2D eigenvalue weighted by molar-refractivity contribution is 5.96. The van der Waals surface area contributed by atoms with Gasteiger partial charge in [0.25, 0.3) is 0 Å². The predicted octanol–water partition coefficient (Wildman–Crippen LogP) is 15.2. The van der Waals surface area contributed by atoms with Crippen molar-refractivity contribution in [1.82, 2.24) is 5.32 Å². The molecular formula is C64H48N4. The van der Waals surface area contributed by atoms with Gasteiger partial charge in [0.15, 0.2) is 0 Å². The first-order valence-electron chi connectivity index (χ1n) is 23.4. The maximum Gasteiger partial charge on any atom is 0.127 e. The Kier molecular flexibility index (Phi) is 10.5. The minimum Gasteiger partial charge on any atom is -0.312 e. The van der Waals surface area contributed by atoms with Gasteiger partial charge < -0.3 is 10.6 Å². The lowest BCUT2D eigenvalue weighted by Crippen LogP contribution is -2.36. The van der Waals surface area contributed by atoms with Crippen molar-refractivity contribution in [3.05, 3.63) is 294 Å². The first-order chi connectivity index (χ1) is 33.6. The van der Waals surface area contributed by atoms with Crippen molar-refractivity contribution in [1.29, 1.82) is 0 Å². The third kappa shape index (κ3) is 7.15. The standard InChI is InChI=1S/C64H48N4/c65-62(47-36-34-46(35-37-47)45-20-6-2-7-21-45)67-63(66-43-44-18-4-1-5-19-44)52-25-17-24-50(41-52)48-22-16-23-49(40-48)51-38-39-55-54-28-10-11-29-56(54)64(59(55)42-51)57-30-12-14-32-60(57)68(53-26-8-3-9-27-53)61-33-15-13-31-58(61)64/h1-43,62-63,67H,65H2/b66-43+. The zero-order valence-corrected chi connectivity index (χ0v) is 37.5. The summed E-state index contributed by atoms with van der Waals surface area (Å²) in [4.78, 5) is 7.55. The van der Waals surface area contributed by atoms with E-state index in [1.807, 2.05) is 30.5 Å². The highest BCUT2D eigenvalue weighted by Gasteiger charge is 2.51. The van der Waals surface area contributed by atoms with Gasteiger partial charge in [-0.2, -0.15) is 0 Å². The van der Waals surface area contributed by atoms with E-state index in [2.05, 4.69) is 241 Å². The number of fused-ring (bicyclic) bond motifs is 9. The van der Waals surface area contributed by atoms with Crippen molar-refractivity contribution >= 4 is 23.3 Å². The molecule has 0 amide bonds. The van der Waals surface area contributed by atoms with Gasteiger partial charge in [0, 0.05) is 11.9 Å². The number of nitrogens with zero attached hydrogens (tertiary/aromatic N) is 2. The molecular weight excluding hydrogens is 825 g/mol. The molecule has 10 aromatic rings. The van der Waals surface area contributed by atoms with E-state index in [1.54, 1.807) is 0 Å². The fourth-order valence-electron chi connectivity index (χ4n) is 10.6. The number of nitrogens with two attached hydrogens (primary N) is 1. The van der Waals surface area contributed by atoms with Crippen molar-refractivity contribution < 1.29 is 0 Å². The second-order valence-corrected chi connectivity index (χ2v) is 17.7. The van der Waals surface area contributed by atoms with E-state index in [-0.39, 0.29) is 0 Å². The van der Waals surface area contributed by atoms with Crippen LogP contribution in [0.1, 0.15) is 51.3 Å². The first-order valence-corrected chi connectivity index (χ1v) is 23.4. The number of para-hydroxylation sites is 3. The number of hydrogen-bond acceptors (Lipinski definition) is 4. The first kappa shape index (κ1) is 41.1. The summed E-state index contributed by atoms with van der Waals surface area (Å²) in [6, 6.07) is 91.6. The Morgan fingerprint density at radius 1 is 0.397 bits per heavy atom. The van der Waals surface area contributed by atoms with Gasteiger partial charge in [0.2, 0.25) is 0 Å². The Balaban J connectivity index is 0.921. The van der Waals surface area contributed by atoms with Crippen LogP contribution in [0.5, 0.6) is 0 Å². The van der Waals surface area contributed by atoms with Gasteiger partial charge in [-0.1, -0.05) is 212 Å². The zero-order chi connectivity index (χ0) is 45.4. The highest BCUT2D eigenvalue weighted by atomic mass is 15.2. The van der Waals surface area contributed by atoms with Crippen LogP contribution in [-0.4, -0.2) is 6.21 Å². The lowest BCUT2D eigenvalue weighted by Gasteiger charge is -2.45. The molecule has 0 saturated heterocycles. The van der Waals surface area contributed by atoms with Crippen LogP contribution in [0.25, 0.3) is 44.5 Å². The van der Waals surface area contributed by atoms with E-state index in [9.17, 15) is 0 Å². The topological polar surface area (TPSA) is 53.6 Å². The molecule has 4 nitrogen and oxygen atoms in total. The molecule has 0 saturated carbocycles. The van der Waals surface area contributed by atoms with Gasteiger partial charge in [-0.3, -0.25) is 10.3 Å². The average molecular weight is 873 g/mol. The molecule has 1 spiro atoms. The van der Waals surface area contributed by atoms with Crippen molar-refractivity contribution in [2.24, 2.45) is 10.7 Å². The fraction of sp³-hybridized carbons (Fsp3) is 0.0469. The van der Waals surface area contributed by atoms with Gasteiger partial charge in [-0.15, -0.1) is 0 Å². The smallest absolute Gasteiger partial charge is 0.127 e. The summed E-state index contributed by atoms with van der Waals surface area (Å²) in [5.41, 5.74) is 27.6. The van der Waals surface area contributed by atoms with Crippen molar-refractivity contribution in [2.45, 2.75) is 17.7 Å². The van der Waals surface area contributed by atoms with Crippen molar-refractivity contribution in [3.8, 4) is 44.5 Å². The SMILES string of the molecule is NC(NC(/N=C/c1ccccc1)c1cccc(-c2cccc(-c3ccc4c(c3)C3(c5ccccc5-4)c4ccccc4N(c4ccccc4)c4ccccc43)c2)c1)c1ccc(-c2ccccc2)cc1. The Morgan fingerprint density at radius 2 is 0.897 bits per heavy atom. The zero-order valence-electron chi connectivity index (χ0n) is 37.5. The molecule has 0 bridgehead atoms. The number of rotatable bonds is 10. The Morgan fingerprint density at radius 3 is 1.59 bits per heavy atom. The van der Waals surface area contributed by atoms with Gasteiger partial charge in [-0.05, 0) is 126 Å². The van der Waals surface area contributed by atoms with E-state index in [0.29, 0.717) is 0 Å². The molecule has 2 atom stereocenters. The van der Waals surface area contributed by atoms with Crippen LogP contribution in [0.3, 0.4) is 0 Å². The molecule has 3 N–H and O–H groups in total. The molecule has 324 valence electrons. The Labute approximate surface area is 398 Å². The minimum atomic E-state index is -0.528. The van der Waals surface area contributed by atoms with Gasteiger partial charge in [-0.25, -0.2) is 0 Å². The summed E-state index contributed by atoms with van der Waals surface area (Å²) in [5, 5.41) is 3.66. The number of nitrogens with one attached hydrogen (secondary N) is 1. The molecule has 68 heavy (non-hydrogen) atoms. The maximum absolute atomic E-state index is 6.94. The predicted molar refractivity (Wildman–Crippen MR) is 282 cm³/mol. The van der Waals surface area contributed by atoms with Crippen LogP contribution in [0, 0.1) is 0 Å². The summed E-state index contributed by atoms with van der Waals surface area (Å²) >= 11 is 0. The third-order valence-corrected chi connectivity index (χ3v) is 13.8. The Hall–Kier alpha value is -8.41. The number of aliphatic imine (C=N–C) groups is 1. The van der Waals surface area contributed by atoms with E-state index < -0.39 is 17.7 Å². The molecule has 12 rings (SSSR count). The second-order valence-electron chi connectivity index (χ2n) is 17.7. The number of hydrogen-bond donors (Lipinski definition) is 2. The number of benzene rings is 10. The molecule has 1 heterocycles. The average Bonchev–Trinajstić information content (AvgIpc) is 3.70. The third-order valence-electron chi connectivity index (χ3n) is 13.8. The van der Waals surface area contributed by atoms with E-state index in [4.69, 9.17) is 10.7 Å². The van der Waals surface area contributed by atoms with E-state index >= 15 is 0 Å². The molecule has 0 aromatic heterocycles. The summed E-state index contributed by atoms with van der Waals surface area (Å²) in [7, 11) is 0. The lowest BCUT2D eigenvalue weighted by molar-refractivity contribution is 0.467. The molecule has 0 radical (unpaired) electrons. The fourth-order valence-corrected chi connectivity index (χ4v) is 10.6. The van der Waals surface area contributed by atoms with Crippen LogP contribution in [0.4, 0.5) is 17.1 Å². The maximum atomic E-state index is 6.94. The van der Waals surface area contributed by atoms with Crippen LogP contribution in [0.2, 0.25) is 0 Å². The minimum absolute atomic E-state index is 0.407. The highest BCUT2D eigenvalue weighted by Crippen LogP contribution is 2.63. The quantitative estimate of drug-likeness (QED) is 0.106. The molecule has 4 heteroatoms. The number of anilines is 3. The van der Waals surface area contributed by atoms with Crippen LogP contribution in [-0.2, 0) is 5.41 Å². The van der Waals surface area contributed by atoms with Crippen molar-refractivity contribution in [3.63, 3.8) is 0 Å². The summed E-state index contributed by atoms with van der Waals surface area (Å²) in [6.07, 6.45) is 1.07. The molecule has 10 aromatic carbocycles. The summed E-state index contributed by atoms with van der Waals surface area (Å²) < 4.78 is 0. The van der Waals surface area contributed by atoms with Gasteiger partial charge in [0.1, 0.15) is 6.17 Å². The normalized spacial score (nSPS) is 13.9. The summed E-state index contributed by atoms with van der Waals surface area (Å²) in [6.45, 7) is 0. The molecule has 1 aliphatic heterocycles. The molecule has 1 aliphatic carbocycles. The van der Waals surface area contributed by atoms with Crippen LogP contribution < -0.4 is 16.0 Å². The van der Waals surface area contributed by atoms with E-state index in [1.165, 1.54) is 55.9 Å². The molecule has 2 unspecified atom stereocenters. The van der Waals surface area contributed by atoms with Gasteiger partial charge in [0.05, 0.1) is 23.0 Å². The molecule has 0 fully saturated rings. The van der Waals surface area contributed by atoms with E-state index in [0.717, 1.165) is 44.6 Å². The molecule has 2 aliphatic rings. The largest absolute Gasteiger partial charge is 0.312 e. The Bertz CT molecular complexity index is 3410. The van der Waals surface area contributed by atoms with Gasteiger partial charge >= 0.3 is 0 Å².